The normalized spacial score (nSPS) is 10.7. The number of carbonyl (C=O) groups is 1. The number of ketones is 1. The molecule has 1 aromatic carbocycles. The quantitative estimate of drug-likeness (QED) is 0.558. The molecule has 0 saturated carbocycles. The molecule has 0 atom stereocenters. The fraction of sp³-hybridized carbons (Fsp3) is 0.0714. The van der Waals surface area contributed by atoms with E-state index in [0.717, 1.165) is 11.0 Å². The maximum absolute atomic E-state index is 12.1. The number of nitrogens with one attached hydrogen (secondary N) is 1. The minimum atomic E-state index is -0.0256. The Hall–Kier alpha value is -2.49. The van der Waals surface area contributed by atoms with Gasteiger partial charge >= 0.3 is 0 Å². The SMILES string of the molecule is O=C(C[n+]1ccccc1)c1nc2ccccc2[nH]1. The highest BCUT2D eigenvalue weighted by atomic mass is 16.1. The van der Waals surface area contributed by atoms with E-state index < -0.39 is 0 Å². The van der Waals surface area contributed by atoms with Crippen LogP contribution >= 0.6 is 0 Å². The molecule has 0 bridgehead atoms. The highest BCUT2D eigenvalue weighted by Gasteiger charge is 2.15. The third kappa shape index (κ3) is 2.00. The summed E-state index contributed by atoms with van der Waals surface area (Å²) >= 11 is 0. The fourth-order valence-corrected chi connectivity index (χ4v) is 1.87. The number of rotatable bonds is 3. The van der Waals surface area contributed by atoms with Gasteiger partial charge in [-0.25, -0.2) is 4.98 Å². The van der Waals surface area contributed by atoms with Crippen LogP contribution in [-0.4, -0.2) is 15.8 Å². The minimum absolute atomic E-state index is 0.0256. The Morgan fingerprint density at radius 3 is 2.67 bits per heavy atom. The molecule has 0 aliphatic carbocycles. The van der Waals surface area contributed by atoms with E-state index >= 15 is 0 Å². The van der Waals surface area contributed by atoms with Crippen molar-refractivity contribution in [2.45, 2.75) is 6.54 Å². The molecule has 2 heterocycles. The van der Waals surface area contributed by atoms with E-state index in [4.69, 9.17) is 0 Å². The molecule has 3 rings (SSSR count). The summed E-state index contributed by atoms with van der Waals surface area (Å²) in [5.74, 6) is 0.384. The number of nitrogens with zero attached hydrogens (tertiary/aromatic N) is 2. The van der Waals surface area contributed by atoms with Gasteiger partial charge in [-0.3, -0.25) is 4.79 Å². The first-order valence-electron chi connectivity index (χ1n) is 5.75. The number of benzene rings is 1. The summed E-state index contributed by atoms with van der Waals surface area (Å²) in [5, 5.41) is 0. The third-order valence-corrected chi connectivity index (χ3v) is 2.76. The molecule has 2 aromatic heterocycles. The molecule has 4 heteroatoms. The van der Waals surface area contributed by atoms with E-state index in [9.17, 15) is 4.79 Å². The Kier molecular flexibility index (Phi) is 2.61. The van der Waals surface area contributed by atoms with Gasteiger partial charge in [-0.05, 0) is 12.1 Å². The van der Waals surface area contributed by atoms with Crippen molar-refractivity contribution in [3.8, 4) is 0 Å². The van der Waals surface area contributed by atoms with Crippen molar-refractivity contribution in [1.29, 1.82) is 0 Å². The molecule has 0 unspecified atom stereocenters. The first-order valence-corrected chi connectivity index (χ1v) is 5.75. The second-order valence-corrected chi connectivity index (χ2v) is 4.07. The number of H-pyrrole nitrogens is 1. The average Bonchev–Trinajstić information content (AvgIpc) is 2.84. The number of hydrogen-bond donors (Lipinski definition) is 1. The molecule has 0 saturated heterocycles. The van der Waals surface area contributed by atoms with E-state index in [2.05, 4.69) is 9.97 Å². The van der Waals surface area contributed by atoms with Crippen molar-refractivity contribution < 1.29 is 9.36 Å². The number of pyridine rings is 1. The summed E-state index contributed by atoms with van der Waals surface area (Å²) in [6.07, 6.45) is 3.72. The van der Waals surface area contributed by atoms with Gasteiger partial charge in [-0.2, -0.15) is 4.57 Å². The average molecular weight is 238 g/mol. The van der Waals surface area contributed by atoms with Crippen LogP contribution in [0.5, 0.6) is 0 Å². The lowest BCUT2D eigenvalue weighted by atomic mass is 10.3. The fourth-order valence-electron chi connectivity index (χ4n) is 1.87. The number of fused-ring (bicyclic) bond motifs is 1. The Bertz CT molecular complexity index is 655. The lowest BCUT2D eigenvalue weighted by molar-refractivity contribution is -0.683. The molecule has 0 aliphatic heterocycles. The predicted molar refractivity (Wildman–Crippen MR) is 67.1 cm³/mol. The van der Waals surface area contributed by atoms with Crippen LogP contribution in [0, 0.1) is 0 Å². The van der Waals surface area contributed by atoms with Crippen LogP contribution in [0.1, 0.15) is 10.6 Å². The smallest absolute Gasteiger partial charge is 0.262 e. The zero-order chi connectivity index (χ0) is 12.4. The van der Waals surface area contributed by atoms with Crippen LogP contribution < -0.4 is 4.57 Å². The standard InChI is InChI=1S/C14H11N3O/c18-13(10-17-8-4-1-5-9-17)14-15-11-6-2-3-7-12(11)16-14/h1-9H,10H2/p+1. The maximum atomic E-state index is 12.1. The number of Topliss-reactive ketones (excluding diaryl/α,β-unsaturated/α-hetero) is 1. The largest absolute Gasteiger partial charge is 0.335 e. The monoisotopic (exact) mass is 238 g/mol. The Balaban J connectivity index is 1.88. The molecule has 3 aromatic rings. The van der Waals surface area contributed by atoms with Gasteiger partial charge in [0, 0.05) is 12.1 Å². The highest BCUT2D eigenvalue weighted by Crippen LogP contribution is 2.10. The van der Waals surface area contributed by atoms with Gasteiger partial charge in [0.2, 0.25) is 6.54 Å². The van der Waals surface area contributed by atoms with Crippen LogP contribution in [0.15, 0.2) is 54.9 Å². The molecule has 0 fully saturated rings. The highest BCUT2D eigenvalue weighted by molar-refractivity contribution is 5.94. The van der Waals surface area contributed by atoms with E-state index in [-0.39, 0.29) is 5.78 Å². The van der Waals surface area contributed by atoms with Crippen LogP contribution in [-0.2, 0) is 6.54 Å². The number of imidazole rings is 1. The molecular formula is C14H12N3O+. The number of aromatic amines is 1. The van der Waals surface area contributed by atoms with Crippen LogP contribution in [0.25, 0.3) is 11.0 Å². The molecule has 0 spiro atoms. The van der Waals surface area contributed by atoms with Crippen molar-refractivity contribution in [2.75, 3.05) is 0 Å². The number of aromatic nitrogens is 3. The minimum Gasteiger partial charge on any atom is -0.335 e. The lowest BCUT2D eigenvalue weighted by Crippen LogP contribution is -2.37. The predicted octanol–water partition coefficient (Wildman–Crippen LogP) is 1.73. The first-order chi connectivity index (χ1) is 8.83. The molecule has 88 valence electrons. The van der Waals surface area contributed by atoms with Gasteiger partial charge in [-0.1, -0.05) is 18.2 Å². The van der Waals surface area contributed by atoms with Crippen molar-refractivity contribution in [3.05, 3.63) is 60.7 Å². The Morgan fingerprint density at radius 1 is 1.11 bits per heavy atom. The van der Waals surface area contributed by atoms with Gasteiger partial charge in [0.1, 0.15) is 0 Å². The number of para-hydroxylation sites is 2. The zero-order valence-corrected chi connectivity index (χ0v) is 9.71. The second kappa shape index (κ2) is 4.41. The lowest BCUT2D eigenvalue weighted by Gasteiger charge is -1.93. The van der Waals surface area contributed by atoms with E-state index in [0.29, 0.717) is 12.4 Å². The van der Waals surface area contributed by atoms with Crippen LogP contribution in [0.3, 0.4) is 0 Å². The van der Waals surface area contributed by atoms with Crippen molar-refractivity contribution in [2.24, 2.45) is 0 Å². The van der Waals surface area contributed by atoms with Crippen LogP contribution in [0.2, 0.25) is 0 Å². The second-order valence-electron chi connectivity index (χ2n) is 4.07. The Morgan fingerprint density at radius 2 is 1.89 bits per heavy atom. The number of hydrogen-bond acceptors (Lipinski definition) is 2. The van der Waals surface area contributed by atoms with Crippen molar-refractivity contribution >= 4 is 16.8 Å². The third-order valence-electron chi connectivity index (χ3n) is 2.76. The van der Waals surface area contributed by atoms with E-state index in [1.165, 1.54) is 0 Å². The molecular weight excluding hydrogens is 226 g/mol. The van der Waals surface area contributed by atoms with E-state index in [1.807, 2.05) is 59.4 Å². The van der Waals surface area contributed by atoms with E-state index in [1.54, 1.807) is 0 Å². The molecule has 18 heavy (non-hydrogen) atoms. The van der Waals surface area contributed by atoms with Gasteiger partial charge in [-0.15, -0.1) is 0 Å². The molecule has 0 aliphatic rings. The maximum Gasteiger partial charge on any atom is 0.262 e. The summed E-state index contributed by atoms with van der Waals surface area (Å²) < 4.78 is 1.83. The summed E-state index contributed by atoms with van der Waals surface area (Å²) in [6, 6.07) is 13.3. The molecule has 4 nitrogen and oxygen atoms in total. The topological polar surface area (TPSA) is 49.6 Å². The molecule has 0 radical (unpaired) electrons. The number of carbonyl (C=O) groups excluding carboxylic acids is 1. The summed E-state index contributed by atoms with van der Waals surface area (Å²) in [6.45, 7) is 0.292. The summed E-state index contributed by atoms with van der Waals surface area (Å²) in [7, 11) is 0. The molecule has 1 N–H and O–H groups in total. The zero-order valence-electron chi connectivity index (χ0n) is 9.71. The first kappa shape index (κ1) is 10.7. The summed E-state index contributed by atoms with van der Waals surface area (Å²) in [4.78, 5) is 19.4. The van der Waals surface area contributed by atoms with Gasteiger partial charge < -0.3 is 4.98 Å². The van der Waals surface area contributed by atoms with Gasteiger partial charge in [0.05, 0.1) is 11.0 Å². The summed E-state index contributed by atoms with van der Waals surface area (Å²) in [5.41, 5.74) is 1.71. The van der Waals surface area contributed by atoms with Crippen LogP contribution in [0.4, 0.5) is 0 Å². The van der Waals surface area contributed by atoms with Crippen molar-refractivity contribution in [1.82, 2.24) is 9.97 Å². The molecule has 0 amide bonds. The van der Waals surface area contributed by atoms with Gasteiger partial charge in [0.15, 0.2) is 18.2 Å². The van der Waals surface area contributed by atoms with Gasteiger partial charge in [0.25, 0.3) is 5.78 Å². The Labute approximate surface area is 104 Å². The van der Waals surface area contributed by atoms with Crippen molar-refractivity contribution in [3.63, 3.8) is 0 Å².